The minimum atomic E-state index is -4.72. The van der Waals surface area contributed by atoms with Gasteiger partial charge in [-0.15, -0.1) is 25.6 Å². The smallest absolute Gasteiger partial charge is 0.508 e. The van der Waals surface area contributed by atoms with Crippen molar-refractivity contribution in [3.8, 4) is 11.5 Å². The Hall–Kier alpha value is -1.92. The number of hydrogen-bond donors (Lipinski definition) is 2. The minimum Gasteiger partial charge on any atom is -0.508 e. The highest BCUT2D eigenvalue weighted by molar-refractivity contribution is 5.85. The molecular formula is C15H15ClF3NO2. The number of halogens is 4. The van der Waals surface area contributed by atoms with Crippen molar-refractivity contribution in [2.45, 2.75) is 19.3 Å². The van der Waals surface area contributed by atoms with Crippen LogP contribution in [0.2, 0.25) is 0 Å². The zero-order valence-corrected chi connectivity index (χ0v) is 12.4. The summed E-state index contributed by atoms with van der Waals surface area (Å²) in [5.41, 5.74) is 7.99. The van der Waals surface area contributed by atoms with Crippen LogP contribution in [0.4, 0.5) is 13.2 Å². The van der Waals surface area contributed by atoms with Gasteiger partial charge in [0.2, 0.25) is 0 Å². The standard InChI is InChI=1S/C15H14F3NO2.ClH/c1-9-2-7-12(13(20)8-9)14(19)10-3-5-11(6-4-10)21-15(16,17)18;/h2-8,14,20H,19H2,1H3;1H/t14-;/m0./s1. The van der Waals surface area contributed by atoms with Crippen LogP contribution in [0.1, 0.15) is 22.7 Å². The lowest BCUT2D eigenvalue weighted by molar-refractivity contribution is -0.274. The molecule has 2 rings (SSSR count). The van der Waals surface area contributed by atoms with Crippen LogP contribution in [0.15, 0.2) is 42.5 Å². The van der Waals surface area contributed by atoms with E-state index in [0.29, 0.717) is 11.1 Å². The van der Waals surface area contributed by atoms with Crippen LogP contribution in [-0.4, -0.2) is 11.5 Å². The Morgan fingerprint density at radius 1 is 1.09 bits per heavy atom. The molecule has 0 aliphatic carbocycles. The summed E-state index contributed by atoms with van der Waals surface area (Å²) in [5.74, 6) is -0.260. The van der Waals surface area contributed by atoms with Gasteiger partial charge in [0.1, 0.15) is 11.5 Å². The largest absolute Gasteiger partial charge is 0.573 e. The Balaban J connectivity index is 0.00000242. The maximum Gasteiger partial charge on any atom is 0.573 e. The molecule has 120 valence electrons. The van der Waals surface area contributed by atoms with E-state index in [1.54, 1.807) is 18.2 Å². The Bertz CT molecular complexity index is 630. The number of aromatic hydroxyl groups is 1. The lowest BCUT2D eigenvalue weighted by atomic mass is 9.98. The maximum atomic E-state index is 12.1. The number of rotatable bonds is 3. The van der Waals surface area contributed by atoms with Gasteiger partial charge in [-0.2, -0.15) is 0 Å². The molecule has 3 nitrogen and oxygen atoms in total. The van der Waals surface area contributed by atoms with Crippen molar-refractivity contribution in [3.05, 3.63) is 59.2 Å². The highest BCUT2D eigenvalue weighted by Gasteiger charge is 2.31. The molecular weight excluding hydrogens is 319 g/mol. The third kappa shape index (κ3) is 4.54. The summed E-state index contributed by atoms with van der Waals surface area (Å²) in [7, 11) is 0. The summed E-state index contributed by atoms with van der Waals surface area (Å²) in [6, 6.07) is 9.69. The molecule has 0 aliphatic heterocycles. The van der Waals surface area contributed by atoms with Gasteiger partial charge in [-0.3, -0.25) is 0 Å². The molecule has 2 aromatic carbocycles. The van der Waals surface area contributed by atoms with Gasteiger partial charge in [-0.25, -0.2) is 0 Å². The molecule has 0 heterocycles. The topological polar surface area (TPSA) is 55.5 Å². The average Bonchev–Trinajstić information content (AvgIpc) is 2.37. The first-order valence-electron chi connectivity index (χ1n) is 6.17. The summed E-state index contributed by atoms with van der Waals surface area (Å²) in [5, 5.41) is 9.88. The van der Waals surface area contributed by atoms with Crippen molar-refractivity contribution in [2.24, 2.45) is 5.73 Å². The van der Waals surface area contributed by atoms with E-state index in [1.807, 2.05) is 6.92 Å². The molecule has 0 bridgehead atoms. The molecule has 22 heavy (non-hydrogen) atoms. The number of phenols is 1. The predicted molar refractivity (Wildman–Crippen MR) is 79.2 cm³/mol. The number of alkyl halides is 3. The maximum absolute atomic E-state index is 12.1. The van der Waals surface area contributed by atoms with E-state index >= 15 is 0 Å². The van der Waals surface area contributed by atoms with E-state index in [9.17, 15) is 18.3 Å². The second kappa shape index (κ2) is 6.89. The first kappa shape index (κ1) is 18.1. The molecule has 0 saturated carbocycles. The number of ether oxygens (including phenoxy) is 1. The van der Waals surface area contributed by atoms with Gasteiger partial charge in [0.05, 0.1) is 6.04 Å². The number of nitrogens with two attached hydrogens (primary N) is 1. The zero-order valence-electron chi connectivity index (χ0n) is 11.6. The second-order valence-corrected chi connectivity index (χ2v) is 4.66. The van der Waals surface area contributed by atoms with Gasteiger partial charge in [0.15, 0.2) is 0 Å². The molecule has 0 saturated heterocycles. The Morgan fingerprint density at radius 2 is 1.68 bits per heavy atom. The van der Waals surface area contributed by atoms with Gasteiger partial charge in [-0.05, 0) is 36.2 Å². The van der Waals surface area contributed by atoms with E-state index in [4.69, 9.17) is 5.73 Å². The molecule has 1 atom stereocenters. The summed E-state index contributed by atoms with van der Waals surface area (Å²) in [6.07, 6.45) is -4.72. The molecule has 2 aromatic rings. The van der Waals surface area contributed by atoms with E-state index in [2.05, 4.69) is 4.74 Å². The van der Waals surface area contributed by atoms with Crippen LogP contribution >= 0.6 is 12.4 Å². The number of hydrogen-bond acceptors (Lipinski definition) is 3. The van der Waals surface area contributed by atoms with Crippen LogP contribution in [0.5, 0.6) is 11.5 Å². The lowest BCUT2D eigenvalue weighted by Gasteiger charge is -2.15. The summed E-state index contributed by atoms with van der Waals surface area (Å²) in [4.78, 5) is 0. The molecule has 0 spiro atoms. The van der Waals surface area contributed by atoms with E-state index in [-0.39, 0.29) is 23.9 Å². The summed E-state index contributed by atoms with van der Waals surface area (Å²) in [6.45, 7) is 1.83. The van der Waals surface area contributed by atoms with Crippen molar-refractivity contribution in [2.75, 3.05) is 0 Å². The molecule has 0 fully saturated rings. The Kier molecular flexibility index (Phi) is 5.68. The number of aryl methyl sites for hydroxylation is 1. The van der Waals surface area contributed by atoms with Gasteiger partial charge in [0, 0.05) is 5.56 Å². The third-order valence-corrected chi connectivity index (χ3v) is 2.99. The van der Waals surface area contributed by atoms with Crippen LogP contribution in [0.3, 0.4) is 0 Å². The van der Waals surface area contributed by atoms with Crippen LogP contribution in [0.25, 0.3) is 0 Å². The molecule has 0 aromatic heterocycles. The fourth-order valence-corrected chi connectivity index (χ4v) is 1.97. The summed E-state index contributed by atoms with van der Waals surface area (Å²) < 4.78 is 40.0. The molecule has 7 heteroatoms. The van der Waals surface area contributed by atoms with E-state index in [0.717, 1.165) is 5.56 Å². The first-order valence-corrected chi connectivity index (χ1v) is 6.17. The molecule has 0 amide bonds. The average molecular weight is 334 g/mol. The number of phenolic OH excluding ortho intramolecular Hbond substituents is 1. The van der Waals surface area contributed by atoms with Crippen LogP contribution < -0.4 is 10.5 Å². The van der Waals surface area contributed by atoms with Gasteiger partial charge in [-0.1, -0.05) is 24.3 Å². The van der Waals surface area contributed by atoms with Gasteiger partial charge in [0.25, 0.3) is 0 Å². The Morgan fingerprint density at radius 3 is 2.18 bits per heavy atom. The first-order chi connectivity index (χ1) is 9.76. The fourth-order valence-electron chi connectivity index (χ4n) is 1.97. The van der Waals surface area contributed by atoms with Gasteiger partial charge >= 0.3 is 6.36 Å². The van der Waals surface area contributed by atoms with Crippen LogP contribution in [0, 0.1) is 6.92 Å². The minimum absolute atomic E-state index is 0. The third-order valence-electron chi connectivity index (χ3n) is 2.99. The Labute approximate surface area is 131 Å². The fraction of sp³-hybridized carbons (Fsp3) is 0.200. The SMILES string of the molecule is Cc1ccc([C@@H](N)c2ccc(OC(F)(F)F)cc2)c(O)c1.Cl. The second-order valence-electron chi connectivity index (χ2n) is 4.66. The zero-order chi connectivity index (χ0) is 15.6. The van der Waals surface area contributed by atoms with Crippen molar-refractivity contribution < 1.29 is 23.0 Å². The molecule has 0 aliphatic rings. The van der Waals surface area contributed by atoms with Gasteiger partial charge < -0.3 is 15.6 Å². The predicted octanol–water partition coefficient (Wildman–Crippen LogP) is 4.07. The normalized spacial score (nSPS) is 12.4. The van der Waals surface area contributed by atoms with Crippen molar-refractivity contribution in [3.63, 3.8) is 0 Å². The summed E-state index contributed by atoms with van der Waals surface area (Å²) >= 11 is 0. The highest BCUT2D eigenvalue weighted by Crippen LogP contribution is 2.30. The monoisotopic (exact) mass is 333 g/mol. The van der Waals surface area contributed by atoms with Crippen molar-refractivity contribution in [1.82, 2.24) is 0 Å². The molecule has 3 N–H and O–H groups in total. The number of benzene rings is 2. The van der Waals surface area contributed by atoms with Crippen molar-refractivity contribution >= 4 is 12.4 Å². The lowest BCUT2D eigenvalue weighted by Crippen LogP contribution is -2.17. The quantitative estimate of drug-likeness (QED) is 0.890. The van der Waals surface area contributed by atoms with E-state index < -0.39 is 12.4 Å². The van der Waals surface area contributed by atoms with Crippen molar-refractivity contribution in [1.29, 1.82) is 0 Å². The molecule has 0 radical (unpaired) electrons. The highest BCUT2D eigenvalue weighted by atomic mass is 35.5. The van der Waals surface area contributed by atoms with E-state index in [1.165, 1.54) is 24.3 Å². The van der Waals surface area contributed by atoms with Crippen LogP contribution in [-0.2, 0) is 0 Å². The molecule has 0 unspecified atom stereocenters.